The molecule has 19 heavy (non-hydrogen) atoms. The van der Waals surface area contributed by atoms with Crippen molar-refractivity contribution in [2.75, 3.05) is 13.1 Å². The minimum atomic E-state index is -0.868. The van der Waals surface area contributed by atoms with Crippen LogP contribution in [-0.2, 0) is 11.2 Å². The second kappa shape index (κ2) is 7.40. The molecule has 0 radical (unpaired) electrons. The standard InChI is InChI=1S/C13H16F2N2O.ClH/c14-11-3-1-2-9(13(11)15)4-5-12(18)17-10-6-7-16-8-10;/h1-3,10,16H,4-8H2,(H,17,18);1H. The number of aryl methyl sites for hydroxylation is 1. The van der Waals surface area contributed by atoms with Gasteiger partial charge in [-0.15, -0.1) is 12.4 Å². The highest BCUT2D eigenvalue weighted by Crippen LogP contribution is 2.13. The van der Waals surface area contributed by atoms with Gasteiger partial charge >= 0.3 is 0 Å². The lowest BCUT2D eigenvalue weighted by atomic mass is 10.1. The van der Waals surface area contributed by atoms with Gasteiger partial charge in [-0.05, 0) is 31.0 Å². The maximum absolute atomic E-state index is 13.3. The maximum atomic E-state index is 13.3. The van der Waals surface area contributed by atoms with Gasteiger partial charge in [-0.2, -0.15) is 0 Å². The molecule has 0 aliphatic carbocycles. The highest BCUT2D eigenvalue weighted by atomic mass is 35.5. The Hall–Kier alpha value is -1.20. The normalized spacial score (nSPS) is 17.9. The van der Waals surface area contributed by atoms with E-state index in [1.54, 1.807) is 0 Å². The fourth-order valence-electron chi connectivity index (χ4n) is 2.07. The van der Waals surface area contributed by atoms with Gasteiger partial charge < -0.3 is 10.6 Å². The fraction of sp³-hybridized carbons (Fsp3) is 0.462. The number of carbonyl (C=O) groups excluding carboxylic acids is 1. The van der Waals surface area contributed by atoms with Crippen LogP contribution in [0.15, 0.2) is 18.2 Å². The van der Waals surface area contributed by atoms with Crippen LogP contribution >= 0.6 is 12.4 Å². The van der Waals surface area contributed by atoms with Crippen molar-refractivity contribution in [1.29, 1.82) is 0 Å². The molecular formula is C13H17ClF2N2O. The summed E-state index contributed by atoms with van der Waals surface area (Å²) >= 11 is 0. The molecular weight excluding hydrogens is 274 g/mol. The molecule has 6 heteroatoms. The largest absolute Gasteiger partial charge is 0.352 e. The Morgan fingerprint density at radius 3 is 2.89 bits per heavy atom. The number of halogens is 3. The van der Waals surface area contributed by atoms with Crippen LogP contribution in [0.5, 0.6) is 0 Å². The van der Waals surface area contributed by atoms with Crippen LogP contribution in [0.2, 0.25) is 0 Å². The fourth-order valence-corrected chi connectivity index (χ4v) is 2.07. The van der Waals surface area contributed by atoms with Crippen LogP contribution in [0.25, 0.3) is 0 Å². The van der Waals surface area contributed by atoms with Gasteiger partial charge in [0.1, 0.15) is 0 Å². The first kappa shape index (κ1) is 15.9. The van der Waals surface area contributed by atoms with E-state index in [4.69, 9.17) is 0 Å². The topological polar surface area (TPSA) is 41.1 Å². The average molecular weight is 291 g/mol. The summed E-state index contributed by atoms with van der Waals surface area (Å²) in [6.45, 7) is 1.68. The highest BCUT2D eigenvalue weighted by Gasteiger charge is 2.17. The van der Waals surface area contributed by atoms with Crippen molar-refractivity contribution in [3.8, 4) is 0 Å². The van der Waals surface area contributed by atoms with Gasteiger partial charge in [-0.1, -0.05) is 12.1 Å². The van der Waals surface area contributed by atoms with Crippen molar-refractivity contribution in [1.82, 2.24) is 10.6 Å². The Balaban J connectivity index is 0.00000180. The summed E-state index contributed by atoms with van der Waals surface area (Å²) in [4.78, 5) is 11.6. The third kappa shape index (κ3) is 4.44. The van der Waals surface area contributed by atoms with E-state index in [1.165, 1.54) is 12.1 Å². The zero-order chi connectivity index (χ0) is 13.0. The summed E-state index contributed by atoms with van der Waals surface area (Å²) in [6.07, 6.45) is 1.31. The first-order valence-electron chi connectivity index (χ1n) is 6.10. The summed E-state index contributed by atoms with van der Waals surface area (Å²) in [5, 5.41) is 6.01. The number of nitrogens with one attached hydrogen (secondary N) is 2. The number of rotatable bonds is 4. The molecule has 0 saturated carbocycles. The lowest BCUT2D eigenvalue weighted by Gasteiger charge is -2.11. The van der Waals surface area contributed by atoms with Crippen LogP contribution in [0, 0.1) is 11.6 Å². The first-order valence-corrected chi connectivity index (χ1v) is 6.10. The van der Waals surface area contributed by atoms with E-state index in [0.717, 1.165) is 25.6 Å². The summed E-state index contributed by atoms with van der Waals surface area (Å²) in [7, 11) is 0. The molecule has 1 unspecified atom stereocenters. The van der Waals surface area contributed by atoms with E-state index in [9.17, 15) is 13.6 Å². The van der Waals surface area contributed by atoms with Gasteiger partial charge in [0.05, 0.1) is 0 Å². The van der Waals surface area contributed by atoms with Crippen LogP contribution in [0.4, 0.5) is 8.78 Å². The Morgan fingerprint density at radius 2 is 2.21 bits per heavy atom. The summed E-state index contributed by atoms with van der Waals surface area (Å²) in [5.74, 6) is -1.84. The summed E-state index contributed by atoms with van der Waals surface area (Å²) in [6, 6.07) is 4.19. The van der Waals surface area contributed by atoms with Crippen molar-refractivity contribution >= 4 is 18.3 Å². The van der Waals surface area contributed by atoms with Crippen LogP contribution in [-0.4, -0.2) is 25.0 Å². The third-order valence-electron chi connectivity index (χ3n) is 3.08. The Kier molecular flexibility index (Phi) is 6.18. The molecule has 106 valence electrons. The number of benzene rings is 1. The van der Waals surface area contributed by atoms with Crippen molar-refractivity contribution in [2.24, 2.45) is 0 Å². The lowest BCUT2D eigenvalue weighted by Crippen LogP contribution is -2.36. The van der Waals surface area contributed by atoms with Crippen molar-refractivity contribution in [3.63, 3.8) is 0 Å². The first-order chi connectivity index (χ1) is 8.66. The van der Waals surface area contributed by atoms with Gasteiger partial charge in [-0.3, -0.25) is 4.79 Å². The molecule has 1 amide bonds. The van der Waals surface area contributed by atoms with Crippen molar-refractivity contribution < 1.29 is 13.6 Å². The molecule has 2 rings (SSSR count). The quantitative estimate of drug-likeness (QED) is 0.888. The third-order valence-corrected chi connectivity index (χ3v) is 3.08. The molecule has 1 aromatic carbocycles. The zero-order valence-corrected chi connectivity index (χ0v) is 11.2. The van der Waals surface area contributed by atoms with E-state index in [-0.39, 0.29) is 42.8 Å². The van der Waals surface area contributed by atoms with E-state index >= 15 is 0 Å². The minimum absolute atomic E-state index is 0. The van der Waals surface area contributed by atoms with Crippen LogP contribution in [0.1, 0.15) is 18.4 Å². The van der Waals surface area contributed by atoms with Gasteiger partial charge in [0, 0.05) is 19.0 Å². The monoisotopic (exact) mass is 290 g/mol. The SMILES string of the molecule is Cl.O=C(CCc1cccc(F)c1F)NC1CCNC1. The van der Waals surface area contributed by atoms with Gasteiger partial charge in [0.15, 0.2) is 11.6 Å². The Bertz CT molecular complexity index is 437. The minimum Gasteiger partial charge on any atom is -0.352 e. The van der Waals surface area contributed by atoms with Crippen LogP contribution < -0.4 is 10.6 Å². The smallest absolute Gasteiger partial charge is 0.220 e. The van der Waals surface area contributed by atoms with Crippen molar-refractivity contribution in [2.45, 2.75) is 25.3 Å². The van der Waals surface area contributed by atoms with Crippen molar-refractivity contribution in [3.05, 3.63) is 35.4 Å². The lowest BCUT2D eigenvalue weighted by molar-refractivity contribution is -0.121. The molecule has 1 atom stereocenters. The molecule has 0 spiro atoms. The number of hydrogen-bond acceptors (Lipinski definition) is 2. The second-order valence-corrected chi connectivity index (χ2v) is 4.47. The molecule has 1 aliphatic heterocycles. The Morgan fingerprint density at radius 1 is 1.42 bits per heavy atom. The molecule has 1 aromatic rings. The van der Waals surface area contributed by atoms with Gasteiger partial charge in [-0.25, -0.2) is 8.78 Å². The maximum Gasteiger partial charge on any atom is 0.220 e. The molecule has 0 aromatic heterocycles. The molecule has 2 N–H and O–H groups in total. The molecule has 3 nitrogen and oxygen atoms in total. The highest BCUT2D eigenvalue weighted by molar-refractivity contribution is 5.85. The van der Waals surface area contributed by atoms with E-state index in [1.807, 2.05) is 0 Å². The van der Waals surface area contributed by atoms with Gasteiger partial charge in [0.2, 0.25) is 5.91 Å². The number of carbonyl (C=O) groups is 1. The van der Waals surface area contributed by atoms with E-state index in [2.05, 4.69) is 10.6 Å². The second-order valence-electron chi connectivity index (χ2n) is 4.47. The van der Waals surface area contributed by atoms with Gasteiger partial charge in [0.25, 0.3) is 0 Å². The number of hydrogen-bond donors (Lipinski definition) is 2. The molecule has 1 fully saturated rings. The predicted molar refractivity (Wildman–Crippen MR) is 71.3 cm³/mol. The zero-order valence-electron chi connectivity index (χ0n) is 10.4. The predicted octanol–water partition coefficient (Wildman–Crippen LogP) is 1.80. The summed E-state index contributed by atoms with van der Waals surface area (Å²) < 4.78 is 26.3. The van der Waals surface area contributed by atoms with E-state index < -0.39 is 11.6 Å². The molecule has 1 aliphatic rings. The average Bonchev–Trinajstić information content (AvgIpc) is 2.84. The Labute approximate surface area is 117 Å². The van der Waals surface area contributed by atoms with E-state index in [0.29, 0.717) is 0 Å². The molecule has 1 saturated heterocycles. The van der Waals surface area contributed by atoms with Crippen LogP contribution in [0.3, 0.4) is 0 Å². The number of amides is 1. The molecule has 1 heterocycles. The molecule has 0 bridgehead atoms. The summed E-state index contributed by atoms with van der Waals surface area (Å²) in [5.41, 5.74) is 0.245.